The topological polar surface area (TPSA) is 113 Å². The zero-order valence-electron chi connectivity index (χ0n) is 6.33. The number of carboxylic acid groups (broad SMARTS) is 1. The van der Waals surface area contributed by atoms with E-state index in [1.165, 1.54) is 0 Å². The number of rotatable bonds is 2. The van der Waals surface area contributed by atoms with Gasteiger partial charge in [0.1, 0.15) is 0 Å². The molecule has 0 saturated heterocycles. The van der Waals surface area contributed by atoms with E-state index >= 15 is 0 Å². The molecule has 11 heavy (non-hydrogen) atoms. The number of hydrogen-bond donors (Lipinski definition) is 4. The molecule has 0 aliphatic carbocycles. The maximum Gasteiger partial charge on any atom is 0.303 e. The first-order chi connectivity index (χ1) is 4.50. The fraction of sp³-hybridized carbons (Fsp3) is 0.600. The number of aliphatic carboxylic acids is 1. The fourth-order valence-corrected chi connectivity index (χ4v) is 0.214. The van der Waals surface area contributed by atoms with Crippen LogP contribution in [0, 0.1) is 5.41 Å². The van der Waals surface area contributed by atoms with Crippen LogP contribution in [0.5, 0.6) is 0 Å². The molecule has 0 fully saturated rings. The molecule has 0 heterocycles. The standard InChI is InChI=1S/C4H8O2.CH5N3.ClH/c1-2-3-4(5)6;2-1(3)4;/h2-3H2,1H3,(H,5,6);(H5,2,3,4);1H. The number of carbonyl (C=O) groups is 1. The molecule has 0 aromatic rings. The van der Waals surface area contributed by atoms with Gasteiger partial charge in [-0.25, -0.2) is 0 Å². The molecular formula is C5H14ClN3O2. The normalized spacial score (nSPS) is 6.64. The van der Waals surface area contributed by atoms with Gasteiger partial charge >= 0.3 is 5.97 Å². The van der Waals surface area contributed by atoms with Crippen molar-refractivity contribution in [2.24, 2.45) is 11.5 Å². The summed E-state index contributed by atoms with van der Waals surface area (Å²) in [5.74, 6) is -1.04. The van der Waals surface area contributed by atoms with Crippen LogP contribution in [0.4, 0.5) is 0 Å². The average Bonchev–Trinajstić information content (AvgIpc) is 1.62. The van der Waals surface area contributed by atoms with Gasteiger partial charge < -0.3 is 16.6 Å². The summed E-state index contributed by atoms with van der Waals surface area (Å²) >= 11 is 0. The van der Waals surface area contributed by atoms with Crippen molar-refractivity contribution in [2.75, 3.05) is 0 Å². The first-order valence-corrected chi connectivity index (χ1v) is 2.82. The van der Waals surface area contributed by atoms with Crippen molar-refractivity contribution in [3.8, 4) is 0 Å². The minimum Gasteiger partial charge on any atom is -0.481 e. The highest BCUT2D eigenvalue weighted by molar-refractivity contribution is 5.85. The Labute approximate surface area is 71.7 Å². The van der Waals surface area contributed by atoms with Crippen molar-refractivity contribution >= 4 is 24.3 Å². The lowest BCUT2D eigenvalue weighted by molar-refractivity contribution is -0.137. The molecule has 0 aliphatic heterocycles. The summed E-state index contributed by atoms with van der Waals surface area (Å²) in [6.07, 6.45) is 1.02. The van der Waals surface area contributed by atoms with Gasteiger partial charge in [0.25, 0.3) is 0 Å². The van der Waals surface area contributed by atoms with Crippen LogP contribution in [0.3, 0.4) is 0 Å². The molecule has 0 saturated carbocycles. The van der Waals surface area contributed by atoms with Gasteiger partial charge in [0.2, 0.25) is 0 Å². The van der Waals surface area contributed by atoms with Gasteiger partial charge in [-0.05, 0) is 6.42 Å². The Kier molecular flexibility index (Phi) is 17.7. The third-order valence-electron chi connectivity index (χ3n) is 0.464. The van der Waals surface area contributed by atoms with Gasteiger partial charge in [0, 0.05) is 6.42 Å². The number of halogens is 1. The van der Waals surface area contributed by atoms with Crippen LogP contribution in [-0.4, -0.2) is 17.0 Å². The number of nitrogens with one attached hydrogen (secondary N) is 1. The van der Waals surface area contributed by atoms with Crippen LogP contribution < -0.4 is 11.5 Å². The Balaban J connectivity index is -0.000000114. The molecule has 0 bridgehead atoms. The van der Waals surface area contributed by atoms with Crippen molar-refractivity contribution < 1.29 is 9.90 Å². The molecule has 6 N–H and O–H groups in total. The number of guanidine groups is 1. The third-order valence-corrected chi connectivity index (χ3v) is 0.464. The van der Waals surface area contributed by atoms with E-state index in [4.69, 9.17) is 10.5 Å². The van der Waals surface area contributed by atoms with E-state index in [-0.39, 0.29) is 18.4 Å². The molecule has 0 aromatic carbocycles. The molecule has 5 nitrogen and oxygen atoms in total. The molecule has 0 rings (SSSR count). The fourth-order valence-electron chi connectivity index (χ4n) is 0.214. The van der Waals surface area contributed by atoms with E-state index in [2.05, 4.69) is 11.5 Å². The van der Waals surface area contributed by atoms with E-state index in [1.807, 2.05) is 6.92 Å². The first kappa shape index (κ1) is 16.5. The van der Waals surface area contributed by atoms with Crippen LogP contribution in [0.1, 0.15) is 19.8 Å². The lowest BCUT2D eigenvalue weighted by atomic mass is 10.4. The molecule has 0 radical (unpaired) electrons. The van der Waals surface area contributed by atoms with Crippen LogP contribution in [0.25, 0.3) is 0 Å². The molecule has 68 valence electrons. The minimum absolute atomic E-state index is 0. The van der Waals surface area contributed by atoms with Gasteiger partial charge in [0.05, 0.1) is 0 Å². The molecule has 6 heteroatoms. The molecule has 0 spiro atoms. The van der Waals surface area contributed by atoms with Crippen molar-refractivity contribution in [3.63, 3.8) is 0 Å². The van der Waals surface area contributed by atoms with E-state index in [0.717, 1.165) is 6.42 Å². The van der Waals surface area contributed by atoms with Crippen molar-refractivity contribution in [2.45, 2.75) is 19.8 Å². The Morgan fingerprint density at radius 1 is 1.55 bits per heavy atom. The van der Waals surface area contributed by atoms with Crippen LogP contribution in [0.2, 0.25) is 0 Å². The van der Waals surface area contributed by atoms with Gasteiger partial charge in [0.15, 0.2) is 5.96 Å². The lowest BCUT2D eigenvalue weighted by Crippen LogP contribution is -2.20. The minimum atomic E-state index is -0.711. The van der Waals surface area contributed by atoms with Crippen LogP contribution in [0.15, 0.2) is 0 Å². The zero-order chi connectivity index (χ0) is 8.57. The summed E-state index contributed by atoms with van der Waals surface area (Å²) < 4.78 is 0. The number of hydrogen-bond acceptors (Lipinski definition) is 2. The van der Waals surface area contributed by atoms with Gasteiger partial charge in [-0.3, -0.25) is 10.2 Å². The van der Waals surface area contributed by atoms with E-state index < -0.39 is 5.97 Å². The summed E-state index contributed by atoms with van der Waals surface area (Å²) in [6.45, 7) is 1.84. The lowest BCUT2D eigenvalue weighted by Gasteiger charge is -1.79. The van der Waals surface area contributed by atoms with Gasteiger partial charge in [-0.15, -0.1) is 12.4 Å². The number of carboxylic acids is 1. The highest BCUT2D eigenvalue weighted by Crippen LogP contribution is 1.82. The summed E-state index contributed by atoms with van der Waals surface area (Å²) in [5, 5.41) is 14.0. The van der Waals surface area contributed by atoms with E-state index in [0.29, 0.717) is 6.42 Å². The highest BCUT2D eigenvalue weighted by atomic mass is 35.5. The average molecular weight is 184 g/mol. The Morgan fingerprint density at radius 2 is 1.82 bits per heavy atom. The largest absolute Gasteiger partial charge is 0.481 e. The maximum atomic E-state index is 9.60. The van der Waals surface area contributed by atoms with Gasteiger partial charge in [-0.1, -0.05) is 6.92 Å². The predicted octanol–water partition coefficient (Wildman–Crippen LogP) is 0.131. The zero-order valence-corrected chi connectivity index (χ0v) is 7.15. The quantitative estimate of drug-likeness (QED) is 0.360. The second kappa shape index (κ2) is 11.8. The first-order valence-electron chi connectivity index (χ1n) is 2.82. The molecule has 0 aliphatic rings. The summed E-state index contributed by atoms with van der Waals surface area (Å²) in [4.78, 5) is 9.60. The van der Waals surface area contributed by atoms with Crippen molar-refractivity contribution in [3.05, 3.63) is 0 Å². The van der Waals surface area contributed by atoms with Crippen LogP contribution in [-0.2, 0) is 4.79 Å². The molecule has 0 amide bonds. The SMILES string of the molecule is CCCC(=O)O.Cl.N=C(N)N. The Hall–Kier alpha value is -0.970. The smallest absolute Gasteiger partial charge is 0.303 e. The van der Waals surface area contributed by atoms with E-state index in [1.54, 1.807) is 0 Å². The number of nitrogens with two attached hydrogens (primary N) is 2. The summed E-state index contributed by atoms with van der Waals surface area (Å²) in [5.41, 5.74) is 8.94. The predicted molar refractivity (Wildman–Crippen MR) is 45.9 cm³/mol. The molecule has 0 unspecified atom stereocenters. The third kappa shape index (κ3) is 108. The maximum absolute atomic E-state index is 9.60. The Bertz CT molecular complexity index is 114. The highest BCUT2D eigenvalue weighted by Gasteiger charge is 1.87. The monoisotopic (exact) mass is 183 g/mol. The summed E-state index contributed by atoms with van der Waals surface area (Å²) in [7, 11) is 0. The van der Waals surface area contributed by atoms with Crippen LogP contribution >= 0.6 is 12.4 Å². The molecular weight excluding hydrogens is 170 g/mol. The molecule has 0 atom stereocenters. The van der Waals surface area contributed by atoms with Gasteiger partial charge in [-0.2, -0.15) is 0 Å². The summed E-state index contributed by atoms with van der Waals surface area (Å²) in [6, 6.07) is 0. The van der Waals surface area contributed by atoms with Crippen molar-refractivity contribution in [1.29, 1.82) is 5.41 Å². The second-order valence-electron chi connectivity index (χ2n) is 1.60. The van der Waals surface area contributed by atoms with Crippen molar-refractivity contribution in [1.82, 2.24) is 0 Å². The Morgan fingerprint density at radius 3 is 1.82 bits per heavy atom. The molecule has 0 aromatic heterocycles. The van der Waals surface area contributed by atoms with E-state index in [9.17, 15) is 4.79 Å². The second-order valence-corrected chi connectivity index (χ2v) is 1.60.